The van der Waals surface area contributed by atoms with Gasteiger partial charge < -0.3 is 9.80 Å². The van der Waals surface area contributed by atoms with Crippen LogP contribution in [0.1, 0.15) is 6.42 Å². The van der Waals surface area contributed by atoms with E-state index < -0.39 is 0 Å². The van der Waals surface area contributed by atoms with Crippen LogP contribution in [0.5, 0.6) is 0 Å². The molecule has 0 aromatic carbocycles. The predicted molar refractivity (Wildman–Crippen MR) is 50.2 cm³/mol. The van der Waals surface area contributed by atoms with Gasteiger partial charge in [0.05, 0.1) is 11.6 Å². The molecule has 0 N–H and O–H groups in total. The molecule has 2 aliphatic heterocycles. The third-order valence-corrected chi connectivity index (χ3v) is 3.31. The molecule has 0 bridgehead atoms. The van der Waals surface area contributed by atoms with E-state index in [0.29, 0.717) is 11.6 Å². The van der Waals surface area contributed by atoms with E-state index in [1.807, 2.05) is 0 Å². The Morgan fingerprint density at radius 3 is 2.69 bits per heavy atom. The zero-order chi connectivity index (χ0) is 9.26. The number of hydrogen-bond donors (Lipinski definition) is 0. The molecule has 0 radical (unpaired) electrons. The van der Waals surface area contributed by atoms with Crippen molar-refractivity contribution in [3.05, 3.63) is 0 Å². The van der Waals surface area contributed by atoms with Crippen molar-refractivity contribution < 1.29 is 9.59 Å². The van der Waals surface area contributed by atoms with E-state index in [2.05, 4.69) is 0 Å². The third kappa shape index (κ3) is 1.80. The van der Waals surface area contributed by atoms with Gasteiger partial charge in [-0.1, -0.05) is 0 Å². The lowest BCUT2D eigenvalue weighted by Gasteiger charge is -2.32. The molecule has 72 valence electrons. The molecule has 5 heteroatoms. The largest absolute Gasteiger partial charge is 0.341 e. The molecule has 2 heterocycles. The Morgan fingerprint density at radius 1 is 1.46 bits per heavy atom. The molecule has 2 amide bonds. The van der Waals surface area contributed by atoms with Crippen molar-refractivity contribution in [1.29, 1.82) is 0 Å². The Morgan fingerprint density at radius 2 is 2.23 bits per heavy atom. The lowest BCUT2D eigenvalue weighted by Crippen LogP contribution is -2.47. The second-order valence-electron chi connectivity index (χ2n) is 3.30. The van der Waals surface area contributed by atoms with Crippen LogP contribution in [0.15, 0.2) is 0 Å². The summed E-state index contributed by atoms with van der Waals surface area (Å²) < 4.78 is 0. The fourth-order valence-electron chi connectivity index (χ4n) is 1.37. The molecule has 0 aromatic heterocycles. The second kappa shape index (κ2) is 3.57. The Bertz CT molecular complexity index is 240. The van der Waals surface area contributed by atoms with Crippen molar-refractivity contribution in [3.8, 4) is 0 Å². The minimum absolute atomic E-state index is 0.0962. The van der Waals surface area contributed by atoms with Crippen molar-refractivity contribution in [3.63, 3.8) is 0 Å². The molecular formula is C8H12N2O2S. The Hall–Kier alpha value is -0.710. The first-order valence-electron chi connectivity index (χ1n) is 4.40. The zero-order valence-corrected chi connectivity index (χ0v) is 8.18. The van der Waals surface area contributed by atoms with Gasteiger partial charge in [-0.3, -0.25) is 9.59 Å². The first-order valence-corrected chi connectivity index (χ1v) is 5.56. The highest BCUT2D eigenvalue weighted by molar-refractivity contribution is 8.00. The standard InChI is InChI=1S/C8H12N2O2S/c11-7(9-2-1-3-9)4-10-6-13-5-8(10)12/h1-6H2. The average molecular weight is 200 g/mol. The summed E-state index contributed by atoms with van der Waals surface area (Å²) in [4.78, 5) is 26.1. The summed E-state index contributed by atoms with van der Waals surface area (Å²) in [5.74, 6) is 1.41. The van der Waals surface area contributed by atoms with Crippen LogP contribution in [-0.2, 0) is 9.59 Å². The predicted octanol–water partition coefficient (Wildman–Crippen LogP) is -0.248. The maximum atomic E-state index is 11.4. The van der Waals surface area contributed by atoms with Crippen LogP contribution in [0.4, 0.5) is 0 Å². The smallest absolute Gasteiger partial charge is 0.242 e. The molecule has 2 rings (SSSR count). The van der Waals surface area contributed by atoms with Crippen molar-refractivity contribution in [2.75, 3.05) is 31.3 Å². The number of hydrogen-bond acceptors (Lipinski definition) is 3. The van der Waals surface area contributed by atoms with Crippen LogP contribution in [0.3, 0.4) is 0 Å². The molecule has 2 aliphatic rings. The molecule has 0 atom stereocenters. The maximum absolute atomic E-state index is 11.4. The van der Waals surface area contributed by atoms with Crippen LogP contribution >= 0.6 is 11.8 Å². The molecule has 2 saturated heterocycles. The van der Waals surface area contributed by atoms with Gasteiger partial charge in [-0.25, -0.2) is 0 Å². The monoisotopic (exact) mass is 200 g/mol. The van der Waals surface area contributed by atoms with Gasteiger partial charge in [-0.2, -0.15) is 0 Å². The maximum Gasteiger partial charge on any atom is 0.242 e. The summed E-state index contributed by atoms with van der Waals surface area (Å²) >= 11 is 1.58. The highest BCUT2D eigenvalue weighted by Crippen LogP contribution is 2.15. The number of likely N-dealkylation sites (tertiary alicyclic amines) is 1. The number of carbonyl (C=O) groups excluding carboxylic acids is 2. The third-order valence-electron chi connectivity index (χ3n) is 2.36. The average Bonchev–Trinajstić information content (AvgIpc) is 2.32. The summed E-state index contributed by atoms with van der Waals surface area (Å²) in [6.07, 6.45) is 1.11. The molecule has 0 unspecified atom stereocenters. The first kappa shape index (κ1) is 8.87. The topological polar surface area (TPSA) is 40.6 Å². The minimum atomic E-state index is 0.0962. The van der Waals surface area contributed by atoms with E-state index in [9.17, 15) is 9.59 Å². The van der Waals surface area contributed by atoms with Crippen molar-refractivity contribution in [2.24, 2.45) is 0 Å². The van der Waals surface area contributed by atoms with Gasteiger partial charge in [-0.05, 0) is 6.42 Å². The van der Waals surface area contributed by atoms with Crippen LogP contribution in [0, 0.1) is 0 Å². The lowest BCUT2D eigenvalue weighted by atomic mass is 10.2. The van der Waals surface area contributed by atoms with Gasteiger partial charge in [0.2, 0.25) is 11.8 Å². The number of amides is 2. The van der Waals surface area contributed by atoms with Crippen molar-refractivity contribution >= 4 is 23.6 Å². The molecule has 0 saturated carbocycles. The molecular weight excluding hydrogens is 188 g/mol. The minimum Gasteiger partial charge on any atom is -0.341 e. The molecule has 13 heavy (non-hydrogen) atoms. The fraction of sp³-hybridized carbons (Fsp3) is 0.750. The molecule has 0 spiro atoms. The summed E-state index contributed by atoms with van der Waals surface area (Å²) in [5.41, 5.74) is 0. The van der Waals surface area contributed by atoms with Crippen molar-refractivity contribution in [2.45, 2.75) is 6.42 Å². The molecule has 0 aromatic rings. The van der Waals surface area contributed by atoms with Gasteiger partial charge in [0, 0.05) is 13.1 Å². The fourth-order valence-corrected chi connectivity index (χ4v) is 2.27. The highest BCUT2D eigenvalue weighted by atomic mass is 32.2. The first-order chi connectivity index (χ1) is 6.27. The van der Waals surface area contributed by atoms with Crippen LogP contribution in [0.2, 0.25) is 0 Å². The van der Waals surface area contributed by atoms with Gasteiger partial charge >= 0.3 is 0 Å². The van der Waals surface area contributed by atoms with Gasteiger partial charge in [0.1, 0.15) is 6.54 Å². The van der Waals surface area contributed by atoms with Crippen LogP contribution in [0.25, 0.3) is 0 Å². The second-order valence-corrected chi connectivity index (χ2v) is 4.26. The Kier molecular flexibility index (Phi) is 2.44. The number of nitrogens with zero attached hydrogens (tertiary/aromatic N) is 2. The van der Waals surface area contributed by atoms with E-state index in [1.54, 1.807) is 21.6 Å². The van der Waals surface area contributed by atoms with Gasteiger partial charge in [0.25, 0.3) is 0 Å². The van der Waals surface area contributed by atoms with Crippen LogP contribution < -0.4 is 0 Å². The Balaban J connectivity index is 1.82. The SMILES string of the molecule is O=C(CN1CSCC1=O)N1CCC1. The summed E-state index contributed by atoms with van der Waals surface area (Å²) in [6.45, 7) is 2.02. The number of carbonyl (C=O) groups is 2. The highest BCUT2D eigenvalue weighted by Gasteiger charge is 2.27. The van der Waals surface area contributed by atoms with E-state index in [1.165, 1.54) is 0 Å². The zero-order valence-electron chi connectivity index (χ0n) is 7.36. The Labute approximate surface area is 81.2 Å². The van der Waals surface area contributed by atoms with E-state index in [4.69, 9.17) is 0 Å². The molecule has 4 nitrogen and oxygen atoms in total. The van der Waals surface area contributed by atoms with E-state index in [0.717, 1.165) is 19.5 Å². The van der Waals surface area contributed by atoms with Crippen LogP contribution in [-0.4, -0.2) is 52.9 Å². The summed E-state index contributed by atoms with van der Waals surface area (Å²) in [6, 6.07) is 0. The number of thioether (sulfide) groups is 1. The number of rotatable bonds is 2. The molecule has 0 aliphatic carbocycles. The quantitative estimate of drug-likeness (QED) is 0.617. The lowest BCUT2D eigenvalue weighted by molar-refractivity contribution is -0.140. The van der Waals surface area contributed by atoms with E-state index >= 15 is 0 Å². The van der Waals surface area contributed by atoms with Crippen molar-refractivity contribution in [1.82, 2.24) is 9.80 Å². The van der Waals surface area contributed by atoms with Gasteiger partial charge in [-0.15, -0.1) is 11.8 Å². The van der Waals surface area contributed by atoms with E-state index in [-0.39, 0.29) is 18.4 Å². The summed E-state index contributed by atoms with van der Waals surface area (Å²) in [5, 5.41) is 0. The summed E-state index contributed by atoms with van der Waals surface area (Å²) in [7, 11) is 0. The normalized spacial score (nSPS) is 22.0. The molecule has 2 fully saturated rings. The van der Waals surface area contributed by atoms with Gasteiger partial charge in [0.15, 0.2) is 0 Å².